The molecule has 0 fully saturated rings. The van der Waals surface area contributed by atoms with Gasteiger partial charge in [-0.3, -0.25) is 0 Å². The van der Waals surface area contributed by atoms with Crippen molar-refractivity contribution in [2.24, 2.45) is 0 Å². The Morgan fingerprint density at radius 1 is 0.727 bits per heavy atom. The number of methoxy groups -OCH3 is 2. The fourth-order valence-electron chi connectivity index (χ4n) is 2.21. The standard InChI is InChI=1S/C18H36O4/c1-5-7-9-10-11-13-15-21-16-22-18(20-4)17(19-3)14-12-8-6-2/h5-16H2,1-4H3/b18-17-. The number of allylic oxidation sites excluding steroid dienone is 1. The maximum absolute atomic E-state index is 5.53. The lowest BCUT2D eigenvalue weighted by molar-refractivity contribution is -0.0747. The van der Waals surface area contributed by atoms with Crippen molar-refractivity contribution in [2.45, 2.75) is 78.1 Å². The lowest BCUT2D eigenvalue weighted by atomic mass is 10.1. The molecular formula is C18H36O4. The number of hydrogen-bond donors (Lipinski definition) is 0. The summed E-state index contributed by atoms with van der Waals surface area (Å²) in [5, 5.41) is 0. The zero-order valence-electron chi connectivity index (χ0n) is 15.1. The summed E-state index contributed by atoms with van der Waals surface area (Å²) >= 11 is 0. The van der Waals surface area contributed by atoms with Crippen molar-refractivity contribution in [1.29, 1.82) is 0 Å². The van der Waals surface area contributed by atoms with E-state index in [9.17, 15) is 0 Å². The van der Waals surface area contributed by atoms with Crippen LogP contribution >= 0.6 is 0 Å². The van der Waals surface area contributed by atoms with Crippen LogP contribution in [0.1, 0.15) is 78.1 Å². The highest BCUT2D eigenvalue weighted by atomic mass is 16.7. The van der Waals surface area contributed by atoms with Crippen molar-refractivity contribution < 1.29 is 18.9 Å². The number of unbranched alkanes of at least 4 members (excludes halogenated alkanes) is 7. The van der Waals surface area contributed by atoms with E-state index >= 15 is 0 Å². The Balaban J connectivity index is 3.78. The molecule has 132 valence electrons. The summed E-state index contributed by atoms with van der Waals surface area (Å²) in [7, 11) is 3.25. The summed E-state index contributed by atoms with van der Waals surface area (Å²) in [6.45, 7) is 5.37. The molecule has 0 heterocycles. The van der Waals surface area contributed by atoms with Crippen LogP contribution in [-0.4, -0.2) is 27.6 Å². The average molecular weight is 316 g/mol. The maximum atomic E-state index is 5.53. The summed E-state index contributed by atoms with van der Waals surface area (Å²) in [6, 6.07) is 0. The molecule has 0 aromatic rings. The molecule has 0 saturated carbocycles. The third-order valence-corrected chi connectivity index (χ3v) is 3.58. The molecule has 22 heavy (non-hydrogen) atoms. The van der Waals surface area contributed by atoms with Gasteiger partial charge in [0.05, 0.1) is 20.8 Å². The first kappa shape index (κ1) is 21.1. The first-order valence-corrected chi connectivity index (χ1v) is 8.81. The molecule has 4 heteroatoms. The van der Waals surface area contributed by atoms with Crippen molar-refractivity contribution in [3.8, 4) is 0 Å². The van der Waals surface area contributed by atoms with Gasteiger partial charge in [0, 0.05) is 6.42 Å². The Kier molecular flexibility index (Phi) is 15.8. The Morgan fingerprint density at radius 2 is 1.36 bits per heavy atom. The zero-order valence-corrected chi connectivity index (χ0v) is 15.1. The molecule has 0 N–H and O–H groups in total. The molecule has 0 aliphatic heterocycles. The van der Waals surface area contributed by atoms with Crippen molar-refractivity contribution in [1.82, 2.24) is 0 Å². The molecule has 0 bridgehead atoms. The van der Waals surface area contributed by atoms with Crippen LogP contribution in [0.25, 0.3) is 0 Å². The van der Waals surface area contributed by atoms with E-state index in [4.69, 9.17) is 18.9 Å². The van der Waals surface area contributed by atoms with E-state index in [1.807, 2.05) is 0 Å². The molecule has 0 unspecified atom stereocenters. The lowest BCUT2D eigenvalue weighted by Gasteiger charge is -2.14. The van der Waals surface area contributed by atoms with Gasteiger partial charge >= 0.3 is 5.95 Å². The zero-order chi connectivity index (χ0) is 16.5. The first-order valence-electron chi connectivity index (χ1n) is 8.81. The normalized spacial score (nSPS) is 12.0. The molecule has 0 spiro atoms. The second-order valence-electron chi connectivity index (χ2n) is 5.51. The average Bonchev–Trinajstić information content (AvgIpc) is 2.54. The quantitative estimate of drug-likeness (QED) is 0.218. The Labute approximate surface area is 137 Å². The smallest absolute Gasteiger partial charge is 0.320 e. The van der Waals surface area contributed by atoms with E-state index < -0.39 is 0 Å². The van der Waals surface area contributed by atoms with Crippen LogP contribution in [0.15, 0.2) is 11.7 Å². The highest BCUT2D eigenvalue weighted by Crippen LogP contribution is 2.16. The molecule has 0 atom stereocenters. The topological polar surface area (TPSA) is 36.9 Å². The predicted octanol–water partition coefficient (Wildman–Crippen LogP) is 5.38. The van der Waals surface area contributed by atoms with Gasteiger partial charge in [-0.15, -0.1) is 0 Å². The Hall–Kier alpha value is -0.900. The number of ether oxygens (including phenoxy) is 4. The SMILES string of the molecule is CCCCCCCCOCO/C(OC)=C(/CCCCC)OC. The van der Waals surface area contributed by atoms with Gasteiger partial charge in [-0.2, -0.15) is 0 Å². The van der Waals surface area contributed by atoms with E-state index in [1.54, 1.807) is 14.2 Å². The van der Waals surface area contributed by atoms with Gasteiger partial charge in [0.15, 0.2) is 12.6 Å². The van der Waals surface area contributed by atoms with Crippen LogP contribution in [0.2, 0.25) is 0 Å². The highest BCUT2D eigenvalue weighted by Gasteiger charge is 2.09. The second-order valence-corrected chi connectivity index (χ2v) is 5.51. The van der Waals surface area contributed by atoms with Crippen LogP contribution < -0.4 is 0 Å². The fraction of sp³-hybridized carbons (Fsp3) is 0.889. The van der Waals surface area contributed by atoms with Gasteiger partial charge in [-0.05, 0) is 12.8 Å². The molecule has 0 aromatic carbocycles. The predicted molar refractivity (Wildman–Crippen MR) is 90.5 cm³/mol. The molecular weight excluding hydrogens is 280 g/mol. The van der Waals surface area contributed by atoms with E-state index in [2.05, 4.69) is 13.8 Å². The molecule has 0 aromatic heterocycles. The van der Waals surface area contributed by atoms with Crippen molar-refractivity contribution >= 4 is 0 Å². The Bertz CT molecular complexity index is 264. The molecule has 0 amide bonds. The third kappa shape index (κ3) is 11.7. The maximum Gasteiger partial charge on any atom is 0.320 e. The van der Waals surface area contributed by atoms with Gasteiger partial charge in [0.1, 0.15) is 0 Å². The van der Waals surface area contributed by atoms with Crippen LogP contribution in [-0.2, 0) is 18.9 Å². The van der Waals surface area contributed by atoms with Gasteiger partial charge < -0.3 is 18.9 Å². The molecule has 0 aliphatic rings. The first-order chi connectivity index (χ1) is 10.8. The Morgan fingerprint density at radius 3 is 2.00 bits per heavy atom. The third-order valence-electron chi connectivity index (χ3n) is 3.58. The number of hydrogen-bond acceptors (Lipinski definition) is 4. The van der Waals surface area contributed by atoms with Gasteiger partial charge in [0.2, 0.25) is 0 Å². The molecule has 0 radical (unpaired) electrons. The summed E-state index contributed by atoms with van der Waals surface area (Å²) in [6.07, 6.45) is 11.9. The molecule has 4 nitrogen and oxygen atoms in total. The summed E-state index contributed by atoms with van der Waals surface area (Å²) < 4.78 is 21.6. The van der Waals surface area contributed by atoms with E-state index in [0.717, 1.165) is 31.6 Å². The largest absolute Gasteiger partial charge is 0.494 e. The van der Waals surface area contributed by atoms with Gasteiger partial charge in [-0.1, -0.05) is 58.8 Å². The van der Waals surface area contributed by atoms with E-state index in [1.165, 1.54) is 44.9 Å². The second kappa shape index (κ2) is 16.5. The van der Waals surface area contributed by atoms with Gasteiger partial charge in [-0.25, -0.2) is 0 Å². The minimum absolute atomic E-state index is 0.221. The summed E-state index contributed by atoms with van der Waals surface area (Å²) in [4.78, 5) is 0. The van der Waals surface area contributed by atoms with Crippen molar-refractivity contribution in [3.05, 3.63) is 11.7 Å². The van der Waals surface area contributed by atoms with Crippen LogP contribution in [0, 0.1) is 0 Å². The molecule has 0 rings (SSSR count). The number of rotatable bonds is 16. The molecule has 0 saturated heterocycles. The fourth-order valence-corrected chi connectivity index (χ4v) is 2.21. The monoisotopic (exact) mass is 316 g/mol. The van der Waals surface area contributed by atoms with Gasteiger partial charge in [0.25, 0.3) is 0 Å². The minimum Gasteiger partial charge on any atom is -0.494 e. The van der Waals surface area contributed by atoms with Crippen LogP contribution in [0.4, 0.5) is 0 Å². The minimum atomic E-state index is 0.221. The van der Waals surface area contributed by atoms with Crippen LogP contribution in [0.3, 0.4) is 0 Å². The molecule has 0 aliphatic carbocycles. The van der Waals surface area contributed by atoms with E-state index in [-0.39, 0.29) is 6.79 Å². The highest BCUT2D eigenvalue weighted by molar-refractivity contribution is 4.94. The van der Waals surface area contributed by atoms with Crippen LogP contribution in [0.5, 0.6) is 0 Å². The van der Waals surface area contributed by atoms with E-state index in [0.29, 0.717) is 5.95 Å². The van der Waals surface area contributed by atoms with Crippen molar-refractivity contribution in [2.75, 3.05) is 27.6 Å². The summed E-state index contributed by atoms with van der Waals surface area (Å²) in [5.74, 6) is 1.21. The summed E-state index contributed by atoms with van der Waals surface area (Å²) in [5.41, 5.74) is 0. The van der Waals surface area contributed by atoms with Crippen molar-refractivity contribution in [3.63, 3.8) is 0 Å². The lowest BCUT2D eigenvalue weighted by Crippen LogP contribution is -2.07.